The zero-order valence-electron chi connectivity index (χ0n) is 16.5. The Hall–Kier alpha value is -2.97. The Kier molecular flexibility index (Phi) is 6.06. The van der Waals surface area contributed by atoms with Crippen molar-refractivity contribution >= 4 is 17.6 Å². The van der Waals surface area contributed by atoms with Crippen LogP contribution in [0.2, 0.25) is 0 Å². The van der Waals surface area contributed by atoms with Crippen LogP contribution in [0.15, 0.2) is 29.0 Å². The fourth-order valence-electron chi connectivity index (χ4n) is 3.11. The smallest absolute Gasteiger partial charge is 0.459 e. The summed E-state index contributed by atoms with van der Waals surface area (Å²) in [6.07, 6.45) is -8.18. The van der Waals surface area contributed by atoms with E-state index in [1.165, 1.54) is 12.2 Å². The molecule has 0 fully saturated rings. The summed E-state index contributed by atoms with van der Waals surface area (Å²) in [4.78, 5) is 11.8. The number of aromatic nitrogens is 5. The Bertz CT molecular complexity index is 1150. The minimum atomic E-state index is -6.32. The highest BCUT2D eigenvalue weighted by Gasteiger charge is 2.64. The van der Waals surface area contributed by atoms with Crippen LogP contribution in [-0.4, -0.2) is 44.0 Å². The first-order valence-corrected chi connectivity index (χ1v) is 9.15. The van der Waals surface area contributed by atoms with E-state index >= 15 is 0 Å². The molecule has 1 atom stereocenters. The number of esters is 1. The topological polar surface area (TPSA) is 74.8 Å². The van der Waals surface area contributed by atoms with Gasteiger partial charge in [-0.15, -0.1) is 5.10 Å². The molecule has 0 aromatic carbocycles. The summed E-state index contributed by atoms with van der Waals surface area (Å²) in [6, 6.07) is 0. The summed E-state index contributed by atoms with van der Waals surface area (Å²) < 4.78 is 112. The number of halogens is 9. The second-order valence-electron chi connectivity index (χ2n) is 6.79. The number of nitrogens with zero attached hydrogens (tertiary/aromatic N) is 5. The van der Waals surface area contributed by atoms with E-state index in [2.05, 4.69) is 20.1 Å². The highest BCUT2D eigenvalue weighted by Crippen LogP contribution is 2.49. The van der Waals surface area contributed by atoms with Crippen LogP contribution in [0.1, 0.15) is 29.3 Å². The van der Waals surface area contributed by atoms with E-state index in [4.69, 9.17) is 11.6 Å². The van der Waals surface area contributed by atoms with E-state index in [0.29, 0.717) is 4.68 Å². The lowest BCUT2D eigenvalue weighted by Crippen LogP contribution is -2.36. The fraction of sp³-hybridized carbons (Fsp3) is 0.412. The summed E-state index contributed by atoms with van der Waals surface area (Å²) in [5, 5.41) is 9.99. The third-order valence-corrected chi connectivity index (χ3v) is 5.00. The van der Waals surface area contributed by atoms with Crippen molar-refractivity contribution in [2.45, 2.75) is 30.6 Å². The summed E-state index contributed by atoms with van der Waals surface area (Å²) in [5.74, 6) is -8.62. The molecule has 1 aliphatic carbocycles. The number of aryl methyl sites for hydroxylation is 1. The predicted octanol–water partition coefficient (Wildman–Crippen LogP) is 4.38. The van der Waals surface area contributed by atoms with Crippen molar-refractivity contribution in [3.05, 3.63) is 45.9 Å². The van der Waals surface area contributed by atoms with Gasteiger partial charge in [-0.1, -0.05) is 29.0 Å². The Morgan fingerprint density at radius 1 is 1.18 bits per heavy atom. The molecule has 16 heteroatoms. The lowest BCUT2D eigenvalue weighted by atomic mass is 9.93. The van der Waals surface area contributed by atoms with Gasteiger partial charge >= 0.3 is 24.2 Å². The molecule has 2 aromatic rings. The molecule has 1 aliphatic rings. The first-order valence-electron chi connectivity index (χ1n) is 8.77. The SMILES string of the molecule is COC(=O)C1=CC(c2cn(-c3c(C(F)(F)F)c(C(F)(F)C(F)(F)F)nn3C)nn2)CC=C1Cl. The minimum absolute atomic E-state index is 0.0183. The molecule has 2 heterocycles. The molecule has 180 valence electrons. The summed E-state index contributed by atoms with van der Waals surface area (Å²) in [5.41, 5.74) is -4.90. The van der Waals surface area contributed by atoms with Gasteiger partial charge in [0, 0.05) is 13.0 Å². The monoisotopic (exact) mass is 505 g/mol. The molecule has 1 unspecified atom stereocenters. The highest BCUT2D eigenvalue weighted by atomic mass is 35.5. The molecule has 0 saturated carbocycles. The Morgan fingerprint density at radius 2 is 1.82 bits per heavy atom. The lowest BCUT2D eigenvalue weighted by molar-refractivity contribution is -0.292. The van der Waals surface area contributed by atoms with Crippen LogP contribution in [0.5, 0.6) is 0 Å². The molecule has 0 bridgehead atoms. The molecule has 33 heavy (non-hydrogen) atoms. The fourth-order valence-corrected chi connectivity index (χ4v) is 3.34. The molecule has 0 amide bonds. The van der Waals surface area contributed by atoms with Gasteiger partial charge in [-0.05, 0) is 6.42 Å². The average molecular weight is 506 g/mol. The van der Waals surface area contributed by atoms with Crippen molar-refractivity contribution in [1.29, 1.82) is 0 Å². The number of carbonyl (C=O) groups excluding carboxylic acids is 1. The summed E-state index contributed by atoms with van der Waals surface area (Å²) >= 11 is 5.94. The number of methoxy groups -OCH3 is 1. The van der Waals surface area contributed by atoms with Crippen LogP contribution in [0, 0.1) is 0 Å². The van der Waals surface area contributed by atoms with Gasteiger partial charge in [0.1, 0.15) is 5.56 Å². The van der Waals surface area contributed by atoms with Crippen molar-refractivity contribution in [1.82, 2.24) is 24.8 Å². The number of allylic oxidation sites excluding steroid dienone is 2. The van der Waals surface area contributed by atoms with Crippen molar-refractivity contribution in [2.24, 2.45) is 7.05 Å². The molecule has 3 rings (SSSR count). The molecule has 0 radical (unpaired) electrons. The number of hydrogen-bond donors (Lipinski definition) is 0. The van der Waals surface area contributed by atoms with Gasteiger partial charge in [-0.2, -0.15) is 40.2 Å². The first-order chi connectivity index (χ1) is 15.1. The van der Waals surface area contributed by atoms with Crippen LogP contribution < -0.4 is 0 Å². The summed E-state index contributed by atoms with van der Waals surface area (Å²) in [6.45, 7) is 0. The normalized spacial score (nSPS) is 17.6. The van der Waals surface area contributed by atoms with E-state index in [-0.39, 0.29) is 27.4 Å². The van der Waals surface area contributed by atoms with Gasteiger partial charge in [0.2, 0.25) is 0 Å². The third kappa shape index (κ3) is 4.32. The average Bonchev–Trinajstić information content (AvgIpc) is 3.31. The number of rotatable bonds is 4. The maximum absolute atomic E-state index is 13.8. The quantitative estimate of drug-likeness (QED) is 0.455. The van der Waals surface area contributed by atoms with Gasteiger partial charge < -0.3 is 4.74 Å². The van der Waals surface area contributed by atoms with Gasteiger partial charge in [0.15, 0.2) is 11.5 Å². The zero-order valence-corrected chi connectivity index (χ0v) is 17.2. The Labute approximate surface area is 184 Å². The standard InChI is InChI=1S/C17H12ClF8N5O2/c1-30-13(11(16(21,22)23)12(28-30)15(19,20)17(24,25)26)31-6-10(27-29-31)7-3-4-9(18)8(5-7)14(32)33-2/h4-7H,3H2,1-2H3. The number of ether oxygens (including phenoxy) is 1. The Balaban J connectivity index is 2.12. The number of carbonyl (C=O) groups is 1. The van der Waals surface area contributed by atoms with Gasteiger partial charge in [-0.3, -0.25) is 0 Å². The van der Waals surface area contributed by atoms with E-state index in [9.17, 15) is 39.9 Å². The maximum atomic E-state index is 13.8. The van der Waals surface area contributed by atoms with Crippen molar-refractivity contribution in [3.8, 4) is 5.82 Å². The number of hydrogen-bond acceptors (Lipinski definition) is 5. The predicted molar refractivity (Wildman–Crippen MR) is 94.5 cm³/mol. The lowest BCUT2D eigenvalue weighted by Gasteiger charge is -2.19. The molecule has 0 spiro atoms. The van der Waals surface area contributed by atoms with Gasteiger partial charge in [0.05, 0.1) is 29.6 Å². The van der Waals surface area contributed by atoms with Crippen LogP contribution in [0.4, 0.5) is 35.1 Å². The molecule has 0 aliphatic heterocycles. The largest absolute Gasteiger partial charge is 0.465 e. The van der Waals surface area contributed by atoms with Gasteiger partial charge in [0.25, 0.3) is 0 Å². The van der Waals surface area contributed by atoms with Crippen molar-refractivity contribution in [2.75, 3.05) is 7.11 Å². The van der Waals surface area contributed by atoms with E-state index in [0.717, 1.165) is 20.4 Å². The molecular weight excluding hydrogens is 494 g/mol. The molecule has 0 N–H and O–H groups in total. The van der Waals surface area contributed by atoms with Crippen LogP contribution in [0.3, 0.4) is 0 Å². The van der Waals surface area contributed by atoms with Crippen LogP contribution in [-0.2, 0) is 28.7 Å². The van der Waals surface area contributed by atoms with Crippen molar-refractivity contribution < 1.29 is 44.7 Å². The molecular formula is C17H12ClF8N5O2. The maximum Gasteiger partial charge on any atom is 0.459 e. The number of alkyl halides is 8. The molecule has 7 nitrogen and oxygen atoms in total. The van der Waals surface area contributed by atoms with E-state index in [1.807, 2.05) is 0 Å². The molecule has 2 aromatic heterocycles. The van der Waals surface area contributed by atoms with Crippen molar-refractivity contribution in [3.63, 3.8) is 0 Å². The second kappa shape index (κ2) is 8.11. The van der Waals surface area contributed by atoms with Crippen LogP contribution in [0.25, 0.3) is 5.82 Å². The first kappa shape index (κ1) is 24.7. The Morgan fingerprint density at radius 3 is 2.36 bits per heavy atom. The molecule has 0 saturated heterocycles. The van der Waals surface area contributed by atoms with Crippen LogP contribution >= 0.6 is 11.6 Å². The van der Waals surface area contributed by atoms with Gasteiger partial charge in [-0.25, -0.2) is 14.2 Å². The zero-order chi connectivity index (χ0) is 24.9. The third-order valence-electron chi connectivity index (χ3n) is 4.64. The van der Waals surface area contributed by atoms with E-state index in [1.54, 1.807) is 0 Å². The highest BCUT2D eigenvalue weighted by molar-refractivity contribution is 6.35. The minimum Gasteiger partial charge on any atom is -0.465 e. The van der Waals surface area contributed by atoms with E-state index < -0.39 is 47.2 Å². The summed E-state index contributed by atoms with van der Waals surface area (Å²) in [7, 11) is 1.85. The second-order valence-corrected chi connectivity index (χ2v) is 7.20.